The predicted octanol–water partition coefficient (Wildman–Crippen LogP) is 0.742. The highest BCUT2D eigenvalue weighted by atomic mass is 16.5. The Labute approximate surface area is 97.9 Å². The Morgan fingerprint density at radius 2 is 2.19 bits per heavy atom. The molecule has 4 nitrogen and oxygen atoms in total. The highest BCUT2D eigenvalue weighted by Gasteiger charge is 2.22. The molecule has 1 aliphatic heterocycles. The molecule has 0 aromatic heterocycles. The number of carbonyl (C=O) groups excluding carboxylic acids is 1. The van der Waals surface area contributed by atoms with Crippen LogP contribution in [0.2, 0.25) is 0 Å². The maximum Gasteiger partial charge on any atom is 0.334 e. The molecule has 0 amide bonds. The number of carbonyl (C=O) groups is 1. The second-order valence-electron chi connectivity index (χ2n) is 4.39. The molecule has 1 unspecified atom stereocenters. The number of hydrogen-bond donors (Lipinski definition) is 0. The van der Waals surface area contributed by atoms with E-state index in [2.05, 4.69) is 30.4 Å². The third-order valence-corrected chi connectivity index (χ3v) is 3.02. The lowest BCUT2D eigenvalue weighted by molar-refractivity contribution is -0.138. The molecule has 1 fully saturated rings. The van der Waals surface area contributed by atoms with Crippen molar-refractivity contribution in [1.29, 1.82) is 0 Å². The topological polar surface area (TPSA) is 32.8 Å². The number of piperazine rings is 1. The minimum Gasteiger partial charge on any atom is -0.463 e. The van der Waals surface area contributed by atoms with E-state index in [9.17, 15) is 4.79 Å². The van der Waals surface area contributed by atoms with Crippen LogP contribution in [0.5, 0.6) is 0 Å². The van der Waals surface area contributed by atoms with Crippen LogP contribution in [-0.4, -0.2) is 61.6 Å². The Bertz CT molecular complexity index is 266. The van der Waals surface area contributed by atoms with Crippen LogP contribution in [0, 0.1) is 0 Å². The van der Waals surface area contributed by atoms with Gasteiger partial charge in [-0.3, -0.25) is 4.90 Å². The number of esters is 1. The van der Waals surface area contributed by atoms with Gasteiger partial charge in [-0.1, -0.05) is 6.58 Å². The van der Waals surface area contributed by atoms with Crippen molar-refractivity contribution in [3.8, 4) is 0 Å². The van der Waals surface area contributed by atoms with E-state index in [1.54, 1.807) is 0 Å². The van der Waals surface area contributed by atoms with E-state index in [1.807, 2.05) is 6.92 Å². The number of ether oxygens (including phenoxy) is 1. The molecule has 1 saturated heterocycles. The molecule has 0 aliphatic carbocycles. The van der Waals surface area contributed by atoms with Crippen LogP contribution in [-0.2, 0) is 9.53 Å². The van der Waals surface area contributed by atoms with Crippen LogP contribution in [0.15, 0.2) is 12.2 Å². The molecule has 0 bridgehead atoms. The summed E-state index contributed by atoms with van der Waals surface area (Å²) < 4.78 is 4.92. The zero-order chi connectivity index (χ0) is 12.1. The molecule has 0 aromatic carbocycles. The quantitative estimate of drug-likeness (QED) is 0.523. The third-order valence-electron chi connectivity index (χ3n) is 3.02. The minimum atomic E-state index is -0.269. The second-order valence-corrected chi connectivity index (χ2v) is 4.39. The summed E-state index contributed by atoms with van der Waals surface area (Å²) in [6.45, 7) is 11.8. The van der Waals surface area contributed by atoms with E-state index in [-0.39, 0.29) is 5.97 Å². The smallest absolute Gasteiger partial charge is 0.334 e. The molecule has 16 heavy (non-hydrogen) atoms. The fourth-order valence-corrected chi connectivity index (χ4v) is 1.84. The summed E-state index contributed by atoms with van der Waals surface area (Å²) >= 11 is 0. The van der Waals surface area contributed by atoms with Crippen molar-refractivity contribution in [2.24, 2.45) is 0 Å². The Balaban J connectivity index is 2.37. The number of nitrogens with zero attached hydrogens (tertiary/aromatic N) is 2. The van der Waals surface area contributed by atoms with Crippen LogP contribution in [0.4, 0.5) is 0 Å². The van der Waals surface area contributed by atoms with Gasteiger partial charge in [0.2, 0.25) is 0 Å². The van der Waals surface area contributed by atoms with Crippen molar-refractivity contribution in [2.45, 2.75) is 19.9 Å². The molecule has 92 valence electrons. The van der Waals surface area contributed by atoms with Gasteiger partial charge in [-0.25, -0.2) is 4.79 Å². The molecule has 1 heterocycles. The summed E-state index contributed by atoms with van der Waals surface area (Å²) in [6.07, 6.45) is 0. The molecule has 1 rings (SSSR count). The maximum absolute atomic E-state index is 11.4. The van der Waals surface area contributed by atoms with Crippen LogP contribution >= 0.6 is 0 Å². The summed E-state index contributed by atoms with van der Waals surface area (Å²) in [5.41, 5.74) is 0.554. The SMILES string of the molecule is C=C(CN1CCN(C)C(C)C1)C(=O)OCC. The Morgan fingerprint density at radius 1 is 1.50 bits per heavy atom. The van der Waals surface area contributed by atoms with Crippen LogP contribution < -0.4 is 0 Å². The predicted molar refractivity (Wildman–Crippen MR) is 64.3 cm³/mol. The van der Waals surface area contributed by atoms with Crippen molar-refractivity contribution < 1.29 is 9.53 Å². The van der Waals surface area contributed by atoms with Gasteiger partial charge in [-0.15, -0.1) is 0 Å². The van der Waals surface area contributed by atoms with E-state index in [1.165, 1.54) is 0 Å². The first-order valence-corrected chi connectivity index (χ1v) is 5.82. The van der Waals surface area contributed by atoms with E-state index in [0.29, 0.717) is 24.8 Å². The molecular formula is C12H22N2O2. The standard InChI is InChI=1S/C12H22N2O2/c1-5-16-12(15)10(2)8-14-7-6-13(4)11(3)9-14/h11H,2,5-9H2,1,3-4H3. The van der Waals surface area contributed by atoms with Crippen molar-refractivity contribution in [3.63, 3.8) is 0 Å². The first-order valence-electron chi connectivity index (χ1n) is 5.82. The second kappa shape index (κ2) is 6.01. The van der Waals surface area contributed by atoms with Crippen molar-refractivity contribution in [2.75, 3.05) is 39.8 Å². The molecule has 1 atom stereocenters. The fraction of sp³-hybridized carbons (Fsp3) is 0.750. The van der Waals surface area contributed by atoms with E-state index in [0.717, 1.165) is 19.6 Å². The lowest BCUT2D eigenvalue weighted by Crippen LogP contribution is -2.50. The highest BCUT2D eigenvalue weighted by Crippen LogP contribution is 2.09. The first-order chi connectivity index (χ1) is 7.54. The van der Waals surface area contributed by atoms with Crippen LogP contribution in [0.25, 0.3) is 0 Å². The van der Waals surface area contributed by atoms with Gasteiger partial charge in [0.1, 0.15) is 0 Å². The maximum atomic E-state index is 11.4. The van der Waals surface area contributed by atoms with E-state index >= 15 is 0 Å². The lowest BCUT2D eigenvalue weighted by Gasteiger charge is -2.37. The monoisotopic (exact) mass is 226 g/mol. The average molecular weight is 226 g/mol. The summed E-state index contributed by atoms with van der Waals surface area (Å²) in [5.74, 6) is -0.269. The zero-order valence-corrected chi connectivity index (χ0v) is 10.5. The Morgan fingerprint density at radius 3 is 2.75 bits per heavy atom. The average Bonchev–Trinajstić information content (AvgIpc) is 2.24. The van der Waals surface area contributed by atoms with Crippen molar-refractivity contribution in [1.82, 2.24) is 9.80 Å². The molecule has 4 heteroatoms. The summed E-state index contributed by atoms with van der Waals surface area (Å²) in [6, 6.07) is 0.531. The first kappa shape index (κ1) is 13.2. The summed E-state index contributed by atoms with van der Waals surface area (Å²) in [5, 5.41) is 0. The van der Waals surface area contributed by atoms with E-state index < -0.39 is 0 Å². The molecule has 0 saturated carbocycles. The molecular weight excluding hydrogens is 204 g/mol. The van der Waals surface area contributed by atoms with Gasteiger partial charge in [0.25, 0.3) is 0 Å². The van der Waals surface area contributed by atoms with Gasteiger partial charge in [-0.05, 0) is 20.9 Å². The minimum absolute atomic E-state index is 0.269. The van der Waals surface area contributed by atoms with Crippen molar-refractivity contribution >= 4 is 5.97 Å². The highest BCUT2D eigenvalue weighted by molar-refractivity contribution is 5.88. The number of rotatable bonds is 4. The lowest BCUT2D eigenvalue weighted by atomic mass is 10.2. The van der Waals surface area contributed by atoms with Gasteiger partial charge in [0.15, 0.2) is 0 Å². The summed E-state index contributed by atoms with van der Waals surface area (Å²) in [4.78, 5) is 16.0. The zero-order valence-electron chi connectivity index (χ0n) is 10.5. The molecule has 0 N–H and O–H groups in total. The normalized spacial score (nSPS) is 23.1. The van der Waals surface area contributed by atoms with Gasteiger partial charge in [0, 0.05) is 37.8 Å². The third kappa shape index (κ3) is 3.61. The molecule has 0 aromatic rings. The largest absolute Gasteiger partial charge is 0.463 e. The molecule has 0 radical (unpaired) electrons. The molecule has 0 spiro atoms. The van der Waals surface area contributed by atoms with Gasteiger partial charge in [0.05, 0.1) is 6.61 Å². The van der Waals surface area contributed by atoms with Gasteiger partial charge < -0.3 is 9.64 Å². The van der Waals surface area contributed by atoms with Crippen LogP contribution in [0.3, 0.4) is 0 Å². The Kier molecular flexibility index (Phi) is 4.96. The number of hydrogen-bond acceptors (Lipinski definition) is 4. The fourth-order valence-electron chi connectivity index (χ4n) is 1.84. The Hall–Kier alpha value is -0.870. The molecule has 1 aliphatic rings. The summed E-state index contributed by atoms with van der Waals surface area (Å²) in [7, 11) is 2.13. The van der Waals surface area contributed by atoms with Crippen molar-refractivity contribution in [3.05, 3.63) is 12.2 Å². The van der Waals surface area contributed by atoms with E-state index in [4.69, 9.17) is 4.74 Å². The van der Waals surface area contributed by atoms with Gasteiger partial charge >= 0.3 is 5.97 Å². The number of likely N-dealkylation sites (N-methyl/N-ethyl adjacent to an activating group) is 1. The van der Waals surface area contributed by atoms with Gasteiger partial charge in [-0.2, -0.15) is 0 Å². The van der Waals surface area contributed by atoms with Crippen LogP contribution in [0.1, 0.15) is 13.8 Å².